The summed E-state index contributed by atoms with van der Waals surface area (Å²) in [6.45, 7) is 15.0. The molecule has 1 N–H and O–H groups in total. The molecule has 1 aliphatic rings. The highest BCUT2D eigenvalue weighted by Gasteiger charge is 2.32. The predicted octanol–water partition coefficient (Wildman–Crippen LogP) is 1.67. The first kappa shape index (κ1) is 20.9. The lowest BCUT2D eigenvalue weighted by molar-refractivity contribution is -0.119. The maximum atomic E-state index is 13.3. The van der Waals surface area contributed by atoms with Crippen LogP contribution < -0.4 is 5.32 Å². The van der Waals surface area contributed by atoms with Gasteiger partial charge in [-0.15, -0.1) is 0 Å². The molecule has 1 heterocycles. The Balaban J connectivity index is 2.17. The highest BCUT2D eigenvalue weighted by molar-refractivity contribution is 7.89. The zero-order chi connectivity index (χ0) is 19.6. The number of carbonyl (C=O) groups excluding carboxylic acids is 1. The molecule has 0 unspecified atom stereocenters. The van der Waals surface area contributed by atoms with E-state index in [1.54, 1.807) is 4.31 Å². The van der Waals surface area contributed by atoms with Gasteiger partial charge in [0.25, 0.3) is 0 Å². The quantitative estimate of drug-likeness (QED) is 0.842. The summed E-state index contributed by atoms with van der Waals surface area (Å²) in [6, 6.07) is 0. The summed E-state index contributed by atoms with van der Waals surface area (Å²) in [5, 5.41) is 2.78. The van der Waals surface area contributed by atoms with E-state index in [1.165, 1.54) is 12.5 Å². The molecule has 6 nitrogen and oxygen atoms in total. The molecule has 1 aromatic rings. The van der Waals surface area contributed by atoms with Crippen LogP contribution in [0.2, 0.25) is 0 Å². The molecule has 2 rings (SSSR count). The topological polar surface area (TPSA) is 69.7 Å². The molecule has 0 radical (unpaired) electrons. The van der Waals surface area contributed by atoms with Gasteiger partial charge in [0.1, 0.15) is 0 Å². The average molecular weight is 382 g/mol. The van der Waals surface area contributed by atoms with E-state index in [9.17, 15) is 13.2 Å². The number of benzene rings is 1. The molecule has 0 atom stereocenters. The van der Waals surface area contributed by atoms with Gasteiger partial charge in [-0.1, -0.05) is 0 Å². The average Bonchev–Trinajstić information content (AvgIpc) is 2.58. The summed E-state index contributed by atoms with van der Waals surface area (Å²) in [5.74, 6) is -0.0396. The second-order valence-electron chi connectivity index (χ2n) is 7.18. The van der Waals surface area contributed by atoms with Gasteiger partial charge in [0.15, 0.2) is 0 Å². The Morgan fingerprint density at radius 3 is 1.81 bits per heavy atom. The predicted molar refractivity (Wildman–Crippen MR) is 104 cm³/mol. The molecular formula is C19H31N3O3S. The molecule has 26 heavy (non-hydrogen) atoms. The Kier molecular flexibility index (Phi) is 6.47. The van der Waals surface area contributed by atoms with E-state index < -0.39 is 10.0 Å². The molecule has 0 aromatic heterocycles. The van der Waals surface area contributed by atoms with Gasteiger partial charge >= 0.3 is 0 Å². The van der Waals surface area contributed by atoms with Crippen molar-refractivity contribution in [1.29, 1.82) is 0 Å². The van der Waals surface area contributed by atoms with Crippen LogP contribution in [0.15, 0.2) is 4.90 Å². The van der Waals surface area contributed by atoms with Crippen LogP contribution >= 0.6 is 0 Å². The molecule has 1 aromatic carbocycles. The Labute approximate surface area is 157 Å². The summed E-state index contributed by atoms with van der Waals surface area (Å²) >= 11 is 0. The molecule has 1 saturated heterocycles. The van der Waals surface area contributed by atoms with E-state index in [2.05, 4.69) is 17.1 Å². The molecule has 1 aliphatic heterocycles. The molecule has 0 aliphatic carbocycles. The van der Waals surface area contributed by atoms with E-state index >= 15 is 0 Å². The highest BCUT2D eigenvalue weighted by atomic mass is 32.2. The van der Waals surface area contributed by atoms with Crippen LogP contribution in [-0.2, 0) is 14.8 Å². The Bertz CT molecular complexity index is 766. The first-order valence-electron chi connectivity index (χ1n) is 9.11. The number of hydrogen-bond donors (Lipinski definition) is 1. The van der Waals surface area contributed by atoms with Crippen molar-refractivity contribution in [2.45, 2.75) is 46.4 Å². The third kappa shape index (κ3) is 4.10. The second kappa shape index (κ2) is 8.06. The lowest BCUT2D eigenvalue weighted by Crippen LogP contribution is -2.50. The van der Waals surface area contributed by atoms with Crippen molar-refractivity contribution in [2.24, 2.45) is 0 Å². The van der Waals surface area contributed by atoms with Crippen molar-refractivity contribution in [3.63, 3.8) is 0 Å². The second-order valence-corrected chi connectivity index (χ2v) is 9.06. The van der Waals surface area contributed by atoms with Gasteiger partial charge in [-0.25, -0.2) is 8.42 Å². The van der Waals surface area contributed by atoms with Crippen LogP contribution in [0.5, 0.6) is 0 Å². The Hall–Kier alpha value is -1.44. The fourth-order valence-corrected chi connectivity index (χ4v) is 5.55. The molecule has 146 valence electrons. The monoisotopic (exact) mass is 381 g/mol. The van der Waals surface area contributed by atoms with Crippen LogP contribution in [0.3, 0.4) is 0 Å². The molecular weight excluding hydrogens is 350 g/mol. The lowest BCUT2D eigenvalue weighted by Gasteiger charge is -2.35. The molecule has 0 spiro atoms. The fourth-order valence-electron chi connectivity index (χ4n) is 3.57. The number of nitrogens with one attached hydrogen (secondary N) is 1. The molecule has 1 fully saturated rings. The van der Waals surface area contributed by atoms with Crippen molar-refractivity contribution in [3.05, 3.63) is 27.8 Å². The van der Waals surface area contributed by atoms with E-state index in [0.717, 1.165) is 28.8 Å². The van der Waals surface area contributed by atoms with E-state index in [4.69, 9.17) is 0 Å². The van der Waals surface area contributed by atoms with Crippen LogP contribution in [0.25, 0.3) is 0 Å². The zero-order valence-electron chi connectivity index (χ0n) is 16.8. The van der Waals surface area contributed by atoms with Crippen molar-refractivity contribution < 1.29 is 13.2 Å². The van der Waals surface area contributed by atoms with Gasteiger partial charge in [0, 0.05) is 46.2 Å². The third-order valence-electron chi connectivity index (χ3n) is 5.66. The van der Waals surface area contributed by atoms with Gasteiger partial charge < -0.3 is 5.32 Å². The fraction of sp³-hybridized carbons (Fsp3) is 0.632. The van der Waals surface area contributed by atoms with E-state index in [0.29, 0.717) is 37.6 Å². The summed E-state index contributed by atoms with van der Waals surface area (Å²) in [7, 11) is -3.51. The normalized spacial score (nSPS) is 16.7. The highest BCUT2D eigenvalue weighted by Crippen LogP contribution is 2.31. The number of piperazine rings is 1. The number of carbonyl (C=O) groups is 1. The number of rotatable bonds is 5. The third-order valence-corrected chi connectivity index (χ3v) is 7.84. The molecule has 7 heteroatoms. The van der Waals surface area contributed by atoms with Crippen molar-refractivity contribution >= 4 is 15.9 Å². The van der Waals surface area contributed by atoms with Crippen molar-refractivity contribution in [2.75, 3.05) is 39.3 Å². The SMILES string of the molecule is CC(=O)NCCN1CCN(S(=O)(=O)c2c(C)c(C)c(C)c(C)c2C)CC1. The number of amides is 1. The van der Waals surface area contributed by atoms with E-state index in [1.807, 2.05) is 27.7 Å². The maximum Gasteiger partial charge on any atom is 0.243 e. The van der Waals surface area contributed by atoms with Gasteiger partial charge in [-0.3, -0.25) is 9.69 Å². The Morgan fingerprint density at radius 2 is 1.35 bits per heavy atom. The molecule has 0 saturated carbocycles. The Morgan fingerprint density at radius 1 is 0.885 bits per heavy atom. The van der Waals surface area contributed by atoms with Crippen LogP contribution in [0, 0.1) is 34.6 Å². The first-order valence-corrected chi connectivity index (χ1v) is 10.5. The van der Waals surface area contributed by atoms with Gasteiger partial charge in [-0.2, -0.15) is 4.31 Å². The van der Waals surface area contributed by atoms with Gasteiger partial charge in [0.2, 0.25) is 15.9 Å². The number of hydrogen-bond acceptors (Lipinski definition) is 4. The minimum Gasteiger partial charge on any atom is -0.355 e. The van der Waals surface area contributed by atoms with Crippen LogP contribution in [0.4, 0.5) is 0 Å². The van der Waals surface area contributed by atoms with Gasteiger partial charge in [0.05, 0.1) is 4.90 Å². The summed E-state index contributed by atoms with van der Waals surface area (Å²) in [4.78, 5) is 13.6. The minimum absolute atomic E-state index is 0.0396. The standard InChI is InChI=1S/C19H31N3O3S/c1-13-14(2)16(4)19(17(5)15(13)3)26(24,25)22-11-9-21(10-12-22)8-7-20-18(6)23/h7-12H2,1-6H3,(H,20,23). The molecule has 1 amide bonds. The zero-order valence-corrected chi connectivity index (χ0v) is 17.6. The van der Waals surface area contributed by atoms with Crippen LogP contribution in [0.1, 0.15) is 34.7 Å². The number of nitrogens with zero attached hydrogens (tertiary/aromatic N) is 2. The smallest absolute Gasteiger partial charge is 0.243 e. The van der Waals surface area contributed by atoms with E-state index in [-0.39, 0.29) is 5.91 Å². The minimum atomic E-state index is -3.51. The van der Waals surface area contributed by atoms with Crippen molar-refractivity contribution in [1.82, 2.24) is 14.5 Å². The summed E-state index contributed by atoms with van der Waals surface area (Å²) < 4.78 is 28.2. The summed E-state index contributed by atoms with van der Waals surface area (Å²) in [5.41, 5.74) is 5.00. The van der Waals surface area contributed by atoms with Crippen LogP contribution in [-0.4, -0.2) is 62.8 Å². The lowest BCUT2D eigenvalue weighted by atomic mass is 9.95. The largest absolute Gasteiger partial charge is 0.355 e. The maximum absolute atomic E-state index is 13.3. The first-order chi connectivity index (χ1) is 12.1. The molecule has 0 bridgehead atoms. The van der Waals surface area contributed by atoms with Gasteiger partial charge in [-0.05, 0) is 62.4 Å². The summed E-state index contributed by atoms with van der Waals surface area (Å²) in [6.07, 6.45) is 0. The number of sulfonamides is 1. The van der Waals surface area contributed by atoms with Crippen molar-refractivity contribution in [3.8, 4) is 0 Å².